The summed E-state index contributed by atoms with van der Waals surface area (Å²) in [6, 6.07) is 4.18. The van der Waals surface area contributed by atoms with Crippen LogP contribution in [0, 0.1) is 0 Å². The van der Waals surface area contributed by atoms with E-state index in [0.717, 1.165) is 38.2 Å². The van der Waals surface area contributed by atoms with Gasteiger partial charge in [0.25, 0.3) is 0 Å². The molecule has 84 valence electrons. The van der Waals surface area contributed by atoms with Crippen LogP contribution in [0.3, 0.4) is 0 Å². The van der Waals surface area contributed by atoms with Crippen LogP contribution >= 0.6 is 0 Å². The van der Waals surface area contributed by atoms with E-state index in [2.05, 4.69) is 12.2 Å². The van der Waals surface area contributed by atoms with Crippen LogP contribution in [0.4, 0.5) is 0 Å². The van der Waals surface area contributed by atoms with Crippen molar-refractivity contribution in [1.29, 1.82) is 0 Å². The fourth-order valence-electron chi connectivity index (χ4n) is 2.05. The highest BCUT2D eigenvalue weighted by atomic mass is 16.5. The maximum atomic E-state index is 5.71. The Morgan fingerprint density at radius 1 is 1.60 bits per heavy atom. The third kappa shape index (κ3) is 2.61. The SMILES string of the molecule is CCCNC(c1ccco1)C1CCCO1. The van der Waals surface area contributed by atoms with Crippen LogP contribution in [0.1, 0.15) is 38.0 Å². The van der Waals surface area contributed by atoms with Crippen molar-refractivity contribution < 1.29 is 9.15 Å². The lowest BCUT2D eigenvalue weighted by molar-refractivity contribution is 0.0712. The molecule has 2 unspecified atom stereocenters. The summed E-state index contributed by atoms with van der Waals surface area (Å²) in [6.07, 6.45) is 5.43. The lowest BCUT2D eigenvalue weighted by Crippen LogP contribution is -2.31. The molecule has 0 aromatic carbocycles. The van der Waals surface area contributed by atoms with Gasteiger partial charge in [0.05, 0.1) is 18.4 Å². The molecule has 1 aromatic rings. The largest absolute Gasteiger partial charge is 0.468 e. The highest BCUT2D eigenvalue weighted by Gasteiger charge is 2.28. The van der Waals surface area contributed by atoms with Crippen LogP contribution in [-0.4, -0.2) is 19.3 Å². The quantitative estimate of drug-likeness (QED) is 0.809. The molecule has 2 atom stereocenters. The normalized spacial score (nSPS) is 23.1. The van der Waals surface area contributed by atoms with Crippen molar-refractivity contribution in [3.05, 3.63) is 24.2 Å². The Balaban J connectivity index is 2.01. The molecule has 1 N–H and O–H groups in total. The van der Waals surface area contributed by atoms with Crippen molar-refractivity contribution in [3.63, 3.8) is 0 Å². The highest BCUT2D eigenvalue weighted by molar-refractivity contribution is 5.07. The molecule has 0 bridgehead atoms. The number of ether oxygens (including phenoxy) is 1. The predicted octanol–water partition coefficient (Wildman–Crippen LogP) is 2.50. The van der Waals surface area contributed by atoms with Gasteiger partial charge >= 0.3 is 0 Å². The van der Waals surface area contributed by atoms with E-state index < -0.39 is 0 Å². The summed E-state index contributed by atoms with van der Waals surface area (Å²) in [5.41, 5.74) is 0. The third-order valence-corrected chi connectivity index (χ3v) is 2.80. The molecule has 1 aliphatic heterocycles. The van der Waals surface area contributed by atoms with Gasteiger partial charge in [-0.05, 0) is 37.9 Å². The number of hydrogen-bond donors (Lipinski definition) is 1. The van der Waals surface area contributed by atoms with Gasteiger partial charge < -0.3 is 14.5 Å². The average molecular weight is 209 g/mol. The van der Waals surface area contributed by atoms with Crippen molar-refractivity contribution in [2.45, 2.75) is 38.3 Å². The summed E-state index contributed by atoms with van der Waals surface area (Å²) in [6.45, 7) is 4.06. The number of furan rings is 1. The minimum Gasteiger partial charge on any atom is -0.468 e. The fraction of sp³-hybridized carbons (Fsp3) is 0.667. The van der Waals surface area contributed by atoms with E-state index >= 15 is 0 Å². The van der Waals surface area contributed by atoms with Gasteiger partial charge in [-0.2, -0.15) is 0 Å². The van der Waals surface area contributed by atoms with E-state index in [1.54, 1.807) is 6.26 Å². The summed E-state index contributed by atoms with van der Waals surface area (Å²) in [4.78, 5) is 0. The van der Waals surface area contributed by atoms with Crippen molar-refractivity contribution in [2.24, 2.45) is 0 Å². The zero-order chi connectivity index (χ0) is 10.5. The van der Waals surface area contributed by atoms with Gasteiger partial charge in [0.15, 0.2) is 0 Å². The number of nitrogens with one attached hydrogen (secondary N) is 1. The Kier molecular flexibility index (Phi) is 3.80. The first-order valence-electron chi connectivity index (χ1n) is 5.80. The number of rotatable bonds is 5. The minimum atomic E-state index is 0.224. The van der Waals surface area contributed by atoms with E-state index in [4.69, 9.17) is 9.15 Å². The monoisotopic (exact) mass is 209 g/mol. The molecule has 0 saturated carbocycles. The molecule has 0 aliphatic carbocycles. The first-order valence-corrected chi connectivity index (χ1v) is 5.80. The fourth-order valence-corrected chi connectivity index (χ4v) is 2.05. The lowest BCUT2D eigenvalue weighted by atomic mass is 10.1. The molecular formula is C12H19NO2. The van der Waals surface area contributed by atoms with Crippen molar-refractivity contribution in [1.82, 2.24) is 5.32 Å². The van der Waals surface area contributed by atoms with Gasteiger partial charge in [0.2, 0.25) is 0 Å². The second-order valence-corrected chi connectivity index (χ2v) is 4.00. The zero-order valence-corrected chi connectivity index (χ0v) is 9.24. The summed E-state index contributed by atoms with van der Waals surface area (Å²) in [7, 11) is 0. The summed E-state index contributed by atoms with van der Waals surface area (Å²) < 4.78 is 11.2. The Morgan fingerprint density at radius 3 is 3.13 bits per heavy atom. The van der Waals surface area contributed by atoms with Gasteiger partial charge in [0.1, 0.15) is 5.76 Å². The first kappa shape index (κ1) is 10.7. The summed E-state index contributed by atoms with van der Waals surface area (Å²) in [5.74, 6) is 0.996. The molecule has 0 amide bonds. The second kappa shape index (κ2) is 5.33. The Morgan fingerprint density at radius 2 is 2.53 bits per heavy atom. The zero-order valence-electron chi connectivity index (χ0n) is 9.24. The van der Waals surface area contributed by atoms with E-state index in [-0.39, 0.29) is 12.1 Å². The molecule has 1 fully saturated rings. The van der Waals surface area contributed by atoms with Crippen LogP contribution < -0.4 is 5.32 Å². The van der Waals surface area contributed by atoms with E-state index in [9.17, 15) is 0 Å². The van der Waals surface area contributed by atoms with Crippen molar-refractivity contribution >= 4 is 0 Å². The standard InChI is InChI=1S/C12H19NO2/c1-2-7-13-12(10-5-3-8-14-10)11-6-4-9-15-11/h3,5,8,11-13H,2,4,6-7,9H2,1H3. The maximum absolute atomic E-state index is 5.71. The molecule has 15 heavy (non-hydrogen) atoms. The van der Waals surface area contributed by atoms with Crippen LogP contribution in [0.25, 0.3) is 0 Å². The summed E-state index contributed by atoms with van der Waals surface area (Å²) in [5, 5.41) is 3.50. The molecule has 1 saturated heterocycles. The Bertz CT molecular complexity index is 265. The maximum Gasteiger partial charge on any atom is 0.123 e. The van der Waals surface area contributed by atoms with Gasteiger partial charge in [-0.15, -0.1) is 0 Å². The molecule has 3 heteroatoms. The molecule has 2 rings (SSSR count). The highest BCUT2D eigenvalue weighted by Crippen LogP contribution is 2.27. The Labute approximate surface area is 90.8 Å². The molecule has 1 aromatic heterocycles. The van der Waals surface area contributed by atoms with Gasteiger partial charge in [-0.3, -0.25) is 0 Å². The van der Waals surface area contributed by atoms with Crippen LogP contribution in [0.5, 0.6) is 0 Å². The van der Waals surface area contributed by atoms with E-state index in [0.29, 0.717) is 0 Å². The van der Waals surface area contributed by atoms with Crippen LogP contribution in [0.2, 0.25) is 0 Å². The molecule has 2 heterocycles. The minimum absolute atomic E-state index is 0.224. The smallest absolute Gasteiger partial charge is 0.123 e. The molecule has 1 aliphatic rings. The lowest BCUT2D eigenvalue weighted by Gasteiger charge is -2.22. The molecular weight excluding hydrogens is 190 g/mol. The second-order valence-electron chi connectivity index (χ2n) is 4.00. The van der Waals surface area contributed by atoms with Gasteiger partial charge in [-0.1, -0.05) is 6.92 Å². The van der Waals surface area contributed by atoms with Gasteiger partial charge in [-0.25, -0.2) is 0 Å². The predicted molar refractivity (Wildman–Crippen MR) is 58.7 cm³/mol. The van der Waals surface area contributed by atoms with Crippen molar-refractivity contribution in [2.75, 3.05) is 13.2 Å². The van der Waals surface area contributed by atoms with Crippen LogP contribution in [0.15, 0.2) is 22.8 Å². The topological polar surface area (TPSA) is 34.4 Å². The van der Waals surface area contributed by atoms with Crippen LogP contribution in [-0.2, 0) is 4.74 Å². The number of hydrogen-bond acceptors (Lipinski definition) is 3. The molecule has 0 radical (unpaired) electrons. The van der Waals surface area contributed by atoms with E-state index in [1.165, 1.54) is 0 Å². The first-order chi connectivity index (χ1) is 7.42. The summed E-state index contributed by atoms with van der Waals surface area (Å²) >= 11 is 0. The third-order valence-electron chi connectivity index (χ3n) is 2.80. The average Bonchev–Trinajstić information content (AvgIpc) is 2.90. The van der Waals surface area contributed by atoms with Gasteiger partial charge in [0, 0.05) is 6.61 Å². The van der Waals surface area contributed by atoms with E-state index in [1.807, 2.05) is 12.1 Å². The molecule has 3 nitrogen and oxygen atoms in total. The van der Waals surface area contributed by atoms with Crippen molar-refractivity contribution in [3.8, 4) is 0 Å². The molecule has 0 spiro atoms. The Hall–Kier alpha value is -0.800.